The van der Waals surface area contributed by atoms with Crippen molar-refractivity contribution in [2.24, 2.45) is 25.1 Å². The van der Waals surface area contributed by atoms with Crippen molar-refractivity contribution in [3.63, 3.8) is 0 Å². The van der Waals surface area contributed by atoms with E-state index >= 15 is 0 Å². The number of amides is 4. The van der Waals surface area contributed by atoms with Gasteiger partial charge in [0.2, 0.25) is 0 Å². The molecule has 0 spiro atoms. The first-order chi connectivity index (χ1) is 14.1. The van der Waals surface area contributed by atoms with Crippen LogP contribution in [0.1, 0.15) is 27.4 Å². The minimum absolute atomic E-state index is 0.0256. The van der Waals surface area contributed by atoms with E-state index in [9.17, 15) is 19.3 Å². The third kappa shape index (κ3) is 5.43. The van der Waals surface area contributed by atoms with Gasteiger partial charge in [0.05, 0.1) is 22.5 Å². The molecule has 30 heavy (non-hydrogen) atoms. The maximum absolute atomic E-state index is 12.6. The zero-order chi connectivity index (χ0) is 22.4. The Hall–Kier alpha value is -4.16. The lowest BCUT2D eigenvalue weighted by Gasteiger charge is -2.06. The van der Waals surface area contributed by atoms with E-state index in [0.717, 1.165) is 0 Å². The van der Waals surface area contributed by atoms with Crippen LogP contribution < -0.4 is 21.7 Å². The largest absolute Gasteiger partial charge is 0.388 e. The topological polar surface area (TPSA) is 180 Å². The van der Waals surface area contributed by atoms with Gasteiger partial charge in [0.1, 0.15) is 11.4 Å². The molecule has 0 atom stereocenters. The molecule has 0 unspecified atom stereocenters. The van der Waals surface area contributed by atoms with E-state index in [1.165, 1.54) is 29.9 Å². The molecule has 0 aliphatic rings. The van der Waals surface area contributed by atoms with Gasteiger partial charge in [0.15, 0.2) is 0 Å². The zero-order valence-corrected chi connectivity index (χ0v) is 16.7. The first-order valence-electron chi connectivity index (χ1n) is 8.75. The van der Waals surface area contributed by atoms with Crippen molar-refractivity contribution in [2.75, 3.05) is 24.2 Å². The molecule has 0 radical (unpaired) electrons. The van der Waals surface area contributed by atoms with Crippen LogP contribution in [0.15, 0.2) is 29.8 Å². The van der Waals surface area contributed by atoms with E-state index < -0.39 is 11.9 Å². The Morgan fingerprint density at radius 3 is 2.13 bits per heavy atom. The molecule has 0 aliphatic carbocycles. The molecule has 160 valence electrons. The number of hydrogen-bond donors (Lipinski definition) is 5. The maximum atomic E-state index is 12.6. The number of hydrogen-bond acceptors (Lipinski definition) is 6. The smallest absolute Gasteiger partial charge is 0.344 e. The van der Waals surface area contributed by atoms with E-state index in [2.05, 4.69) is 21.2 Å². The number of anilines is 2. The molecule has 6 N–H and O–H groups in total. The molecule has 2 aromatic heterocycles. The molecule has 0 aromatic carbocycles. The Morgan fingerprint density at radius 2 is 1.60 bits per heavy atom. The number of carbonyl (C=O) groups excluding carboxylic acids is 3. The van der Waals surface area contributed by atoms with Crippen molar-refractivity contribution < 1.29 is 14.4 Å². The number of aromatic nitrogens is 2. The number of carbonyl (C=O) groups is 3. The average molecular weight is 417 g/mol. The highest BCUT2D eigenvalue weighted by atomic mass is 16.3. The van der Waals surface area contributed by atoms with Gasteiger partial charge in [0.25, 0.3) is 11.8 Å². The number of nitroso groups, excluding NO2 is 1. The number of nitrogens with one attached hydrogen (secondary N) is 4. The Labute approximate surface area is 171 Å². The molecule has 0 saturated carbocycles. The fourth-order valence-electron chi connectivity index (χ4n) is 2.56. The third-order valence-electron chi connectivity index (χ3n) is 4.08. The van der Waals surface area contributed by atoms with Gasteiger partial charge in [-0.05, 0) is 12.1 Å². The molecule has 13 nitrogen and oxygen atoms in total. The van der Waals surface area contributed by atoms with Gasteiger partial charge in [-0.3, -0.25) is 15.0 Å². The molecule has 0 aliphatic heterocycles. The Bertz CT molecular complexity index is 992. The second-order valence-electron chi connectivity index (χ2n) is 6.47. The van der Waals surface area contributed by atoms with Crippen LogP contribution in [-0.4, -0.2) is 51.4 Å². The van der Waals surface area contributed by atoms with Crippen LogP contribution >= 0.6 is 0 Å². The van der Waals surface area contributed by atoms with Crippen LogP contribution in [0, 0.1) is 10.3 Å². The van der Waals surface area contributed by atoms with Crippen molar-refractivity contribution in [3.05, 3.63) is 40.8 Å². The summed E-state index contributed by atoms with van der Waals surface area (Å²) in [5.74, 6) is -0.854. The summed E-state index contributed by atoms with van der Waals surface area (Å²) >= 11 is 0. The number of nitrogens with two attached hydrogens (primary N) is 1. The quantitative estimate of drug-likeness (QED) is 0.184. The molecular formula is C17H23N9O4. The summed E-state index contributed by atoms with van der Waals surface area (Å²) in [6.07, 6.45) is 3.32. The molecule has 2 heterocycles. The van der Waals surface area contributed by atoms with Crippen LogP contribution in [0.4, 0.5) is 16.2 Å². The monoisotopic (exact) mass is 417 g/mol. The molecule has 2 rings (SSSR count). The van der Waals surface area contributed by atoms with Crippen LogP contribution in [0.2, 0.25) is 0 Å². The van der Waals surface area contributed by atoms with E-state index in [0.29, 0.717) is 22.1 Å². The normalized spacial score (nSPS) is 10.2. The van der Waals surface area contributed by atoms with E-state index in [-0.39, 0.29) is 30.4 Å². The summed E-state index contributed by atoms with van der Waals surface area (Å²) in [5.41, 5.74) is 6.52. The Morgan fingerprint density at radius 1 is 1.07 bits per heavy atom. The van der Waals surface area contributed by atoms with Crippen LogP contribution in [0.5, 0.6) is 0 Å². The van der Waals surface area contributed by atoms with Gasteiger partial charge < -0.3 is 30.8 Å². The lowest BCUT2D eigenvalue weighted by molar-refractivity contribution is 0.0945. The molecule has 4 amide bonds. The van der Waals surface area contributed by atoms with Crippen LogP contribution in [0.25, 0.3) is 0 Å². The number of amidine groups is 1. The number of aryl methyl sites for hydroxylation is 2. The summed E-state index contributed by atoms with van der Waals surface area (Å²) in [6, 6.07) is 2.20. The lowest BCUT2D eigenvalue weighted by atomic mass is 10.3. The van der Waals surface area contributed by atoms with Gasteiger partial charge >= 0.3 is 6.03 Å². The summed E-state index contributed by atoms with van der Waals surface area (Å²) in [6.45, 7) is 0.230. The van der Waals surface area contributed by atoms with Crippen molar-refractivity contribution in [1.82, 2.24) is 19.5 Å². The van der Waals surface area contributed by atoms with Gasteiger partial charge in [-0.15, -0.1) is 4.91 Å². The minimum Gasteiger partial charge on any atom is -0.388 e. The maximum Gasteiger partial charge on any atom is 0.344 e. The SMILES string of the molecule is CN(N=O)C(=O)Nc1cc(C(=O)Nc2cc(C(=O)NCCC(=N)N)n(C)c2)n(C)c1. The predicted octanol–water partition coefficient (Wildman–Crippen LogP) is 0.817. The fraction of sp³-hybridized carbons (Fsp3) is 0.294. The first-order valence-corrected chi connectivity index (χ1v) is 8.75. The third-order valence-corrected chi connectivity index (χ3v) is 4.08. The van der Waals surface area contributed by atoms with Gasteiger partial charge in [-0.1, -0.05) is 0 Å². The van der Waals surface area contributed by atoms with Gasteiger partial charge in [-0.25, -0.2) is 4.79 Å². The molecular weight excluding hydrogens is 394 g/mol. The standard InChI is InChI=1S/C17H23N9O4/c1-24-8-10(6-12(24)15(27)20-5-4-14(18)19)21-16(28)13-7-11(9-25(13)2)22-17(29)26(3)23-30/h6-9H,4-5H2,1-3H3,(H3,18,19)(H,20,27)(H,21,28)(H,22,29). The predicted molar refractivity (Wildman–Crippen MR) is 110 cm³/mol. The second-order valence-corrected chi connectivity index (χ2v) is 6.47. The minimum atomic E-state index is -0.744. The van der Waals surface area contributed by atoms with E-state index in [4.69, 9.17) is 11.1 Å². The van der Waals surface area contributed by atoms with Gasteiger partial charge in [-0.2, -0.15) is 5.01 Å². The number of urea groups is 1. The van der Waals surface area contributed by atoms with Crippen molar-refractivity contribution in [1.29, 1.82) is 5.41 Å². The second kappa shape index (κ2) is 9.36. The summed E-state index contributed by atoms with van der Waals surface area (Å²) in [5, 5.41) is 18.0. The van der Waals surface area contributed by atoms with Crippen molar-refractivity contribution >= 4 is 35.1 Å². The fourth-order valence-corrected chi connectivity index (χ4v) is 2.56. The highest BCUT2D eigenvalue weighted by Crippen LogP contribution is 2.17. The van der Waals surface area contributed by atoms with E-state index in [1.807, 2.05) is 0 Å². The first kappa shape index (κ1) is 22.1. The summed E-state index contributed by atoms with van der Waals surface area (Å²) < 4.78 is 3.05. The highest BCUT2D eigenvalue weighted by molar-refractivity contribution is 6.05. The average Bonchev–Trinajstić information content (AvgIpc) is 3.22. The zero-order valence-electron chi connectivity index (χ0n) is 16.7. The number of nitrogens with zero attached hydrogens (tertiary/aromatic N) is 4. The van der Waals surface area contributed by atoms with Crippen LogP contribution in [-0.2, 0) is 14.1 Å². The number of rotatable bonds is 8. The van der Waals surface area contributed by atoms with Crippen LogP contribution in [0.3, 0.4) is 0 Å². The van der Waals surface area contributed by atoms with E-state index in [1.54, 1.807) is 24.9 Å². The highest BCUT2D eigenvalue weighted by Gasteiger charge is 2.17. The molecule has 2 aromatic rings. The van der Waals surface area contributed by atoms with Gasteiger partial charge in [0, 0.05) is 46.5 Å². The van der Waals surface area contributed by atoms with Crippen molar-refractivity contribution in [2.45, 2.75) is 6.42 Å². The van der Waals surface area contributed by atoms with Crippen molar-refractivity contribution in [3.8, 4) is 0 Å². The summed E-state index contributed by atoms with van der Waals surface area (Å²) in [7, 11) is 4.47. The Kier molecular flexibility index (Phi) is 6.90. The molecule has 13 heteroatoms. The lowest BCUT2D eigenvalue weighted by Crippen LogP contribution is -2.28. The molecule has 0 saturated heterocycles. The molecule has 0 fully saturated rings. The Balaban J connectivity index is 2.06. The molecule has 0 bridgehead atoms. The summed E-state index contributed by atoms with van der Waals surface area (Å²) in [4.78, 5) is 46.9.